The molecule has 2 aromatic rings. The van der Waals surface area contributed by atoms with Gasteiger partial charge in [0.2, 0.25) is 5.91 Å². The van der Waals surface area contributed by atoms with Gasteiger partial charge in [0, 0.05) is 17.1 Å². The van der Waals surface area contributed by atoms with Crippen molar-refractivity contribution in [1.29, 1.82) is 0 Å². The third-order valence-electron chi connectivity index (χ3n) is 2.98. The number of amides is 1. The Morgan fingerprint density at radius 1 is 1.38 bits per heavy atom. The Morgan fingerprint density at radius 2 is 2.19 bits per heavy atom. The van der Waals surface area contributed by atoms with Gasteiger partial charge in [-0.05, 0) is 29.8 Å². The van der Waals surface area contributed by atoms with Gasteiger partial charge in [0.1, 0.15) is 0 Å². The average Bonchev–Trinajstić information content (AvgIpc) is 2.84. The first-order valence-electron chi connectivity index (χ1n) is 6.56. The summed E-state index contributed by atoms with van der Waals surface area (Å²) in [5, 5.41) is 0. The van der Waals surface area contributed by atoms with E-state index >= 15 is 0 Å². The van der Waals surface area contributed by atoms with Gasteiger partial charge in [-0.15, -0.1) is 17.9 Å². The molecular formula is C16H17ClN2OS. The molecule has 21 heavy (non-hydrogen) atoms. The van der Waals surface area contributed by atoms with Crippen LogP contribution in [0.1, 0.15) is 10.4 Å². The Balaban J connectivity index is 2.06. The predicted molar refractivity (Wildman–Crippen MR) is 89.5 cm³/mol. The van der Waals surface area contributed by atoms with Gasteiger partial charge in [0.15, 0.2) is 0 Å². The van der Waals surface area contributed by atoms with E-state index < -0.39 is 0 Å². The highest BCUT2D eigenvalue weighted by atomic mass is 35.5. The normalized spacial score (nSPS) is 10.3. The molecule has 2 N–H and O–H groups in total. The van der Waals surface area contributed by atoms with Gasteiger partial charge in [-0.25, -0.2) is 0 Å². The largest absolute Gasteiger partial charge is 0.399 e. The fourth-order valence-corrected chi connectivity index (χ4v) is 3.13. The number of nitrogens with zero attached hydrogens (tertiary/aromatic N) is 1. The number of thiophene rings is 1. The molecule has 1 heterocycles. The molecule has 0 saturated carbocycles. The number of carbonyl (C=O) groups is 1. The van der Waals surface area contributed by atoms with Crippen LogP contribution >= 0.6 is 22.9 Å². The van der Waals surface area contributed by atoms with E-state index in [0.717, 1.165) is 14.8 Å². The van der Waals surface area contributed by atoms with E-state index in [2.05, 4.69) is 6.58 Å². The molecule has 1 aromatic heterocycles. The predicted octanol–water partition coefficient (Wildman–Crippen LogP) is 3.74. The molecule has 0 aliphatic rings. The van der Waals surface area contributed by atoms with Crippen LogP contribution in [0.3, 0.4) is 0 Å². The van der Waals surface area contributed by atoms with Crippen molar-refractivity contribution in [2.75, 3.05) is 12.3 Å². The van der Waals surface area contributed by atoms with Crippen molar-refractivity contribution < 1.29 is 4.79 Å². The van der Waals surface area contributed by atoms with Crippen molar-refractivity contribution >= 4 is 34.5 Å². The number of carbonyl (C=O) groups excluding carboxylic acids is 1. The number of benzene rings is 1. The third kappa shape index (κ3) is 4.62. The molecule has 110 valence electrons. The summed E-state index contributed by atoms with van der Waals surface area (Å²) in [4.78, 5) is 15.3. The molecular weight excluding hydrogens is 304 g/mol. The van der Waals surface area contributed by atoms with E-state index in [1.165, 1.54) is 11.3 Å². The first-order valence-corrected chi connectivity index (χ1v) is 7.75. The summed E-state index contributed by atoms with van der Waals surface area (Å²) in [6, 6.07) is 11.2. The highest BCUT2D eigenvalue weighted by Gasteiger charge is 2.14. The van der Waals surface area contributed by atoms with E-state index in [9.17, 15) is 4.79 Å². The van der Waals surface area contributed by atoms with Crippen LogP contribution in [-0.2, 0) is 17.8 Å². The molecule has 0 radical (unpaired) electrons. The highest BCUT2D eigenvalue weighted by Crippen LogP contribution is 2.23. The lowest BCUT2D eigenvalue weighted by Gasteiger charge is -2.20. The van der Waals surface area contributed by atoms with E-state index in [0.29, 0.717) is 25.2 Å². The second-order valence-corrected chi connectivity index (χ2v) is 6.49. The van der Waals surface area contributed by atoms with E-state index in [1.54, 1.807) is 11.0 Å². The Morgan fingerprint density at radius 3 is 2.81 bits per heavy atom. The lowest BCUT2D eigenvalue weighted by molar-refractivity contribution is -0.130. The van der Waals surface area contributed by atoms with Crippen LogP contribution in [0.25, 0.3) is 0 Å². The minimum absolute atomic E-state index is 0.0463. The molecule has 0 aliphatic heterocycles. The zero-order chi connectivity index (χ0) is 15.2. The summed E-state index contributed by atoms with van der Waals surface area (Å²) in [7, 11) is 0. The van der Waals surface area contributed by atoms with Gasteiger partial charge >= 0.3 is 0 Å². The zero-order valence-corrected chi connectivity index (χ0v) is 13.2. The number of halogens is 1. The molecule has 0 fully saturated rings. The molecule has 1 aromatic carbocycles. The summed E-state index contributed by atoms with van der Waals surface area (Å²) < 4.78 is 0.729. The minimum atomic E-state index is 0.0463. The molecule has 0 spiro atoms. The zero-order valence-electron chi connectivity index (χ0n) is 11.6. The minimum Gasteiger partial charge on any atom is -0.399 e. The maximum absolute atomic E-state index is 12.4. The SMILES string of the molecule is C=CCN(Cc1ccc(Cl)s1)C(=O)Cc1cccc(N)c1. The number of anilines is 1. The molecule has 0 bridgehead atoms. The number of hydrogen-bond acceptors (Lipinski definition) is 3. The molecule has 2 rings (SSSR count). The van der Waals surface area contributed by atoms with E-state index in [-0.39, 0.29) is 5.91 Å². The van der Waals surface area contributed by atoms with Crippen molar-refractivity contribution in [3.8, 4) is 0 Å². The maximum atomic E-state index is 12.4. The number of rotatable bonds is 6. The number of nitrogens with two attached hydrogens (primary N) is 1. The van der Waals surface area contributed by atoms with Crippen LogP contribution in [0, 0.1) is 0 Å². The standard InChI is InChI=1S/C16H17ClN2OS/c1-2-8-19(11-14-6-7-15(17)21-14)16(20)10-12-4-3-5-13(18)9-12/h2-7,9H,1,8,10-11,18H2. The van der Waals surface area contributed by atoms with Gasteiger partial charge in [0.25, 0.3) is 0 Å². The van der Waals surface area contributed by atoms with Gasteiger partial charge in [-0.3, -0.25) is 4.79 Å². The van der Waals surface area contributed by atoms with E-state index in [1.807, 2.05) is 36.4 Å². The molecule has 0 atom stereocenters. The number of nitrogen functional groups attached to an aromatic ring is 1. The Hall–Kier alpha value is -1.78. The van der Waals surface area contributed by atoms with Crippen LogP contribution in [0.15, 0.2) is 49.1 Å². The Bertz CT molecular complexity index is 639. The fourth-order valence-electron chi connectivity index (χ4n) is 2.02. The van der Waals surface area contributed by atoms with Crippen LogP contribution in [0.2, 0.25) is 4.34 Å². The quantitative estimate of drug-likeness (QED) is 0.651. The summed E-state index contributed by atoms with van der Waals surface area (Å²) in [6.07, 6.45) is 2.06. The van der Waals surface area contributed by atoms with E-state index in [4.69, 9.17) is 17.3 Å². The van der Waals surface area contributed by atoms with Gasteiger partial charge in [-0.1, -0.05) is 29.8 Å². The lowest BCUT2D eigenvalue weighted by Crippen LogP contribution is -2.31. The molecule has 0 unspecified atom stereocenters. The third-order valence-corrected chi connectivity index (χ3v) is 4.20. The molecule has 0 saturated heterocycles. The lowest BCUT2D eigenvalue weighted by atomic mass is 10.1. The van der Waals surface area contributed by atoms with Crippen molar-refractivity contribution in [2.45, 2.75) is 13.0 Å². The molecule has 3 nitrogen and oxygen atoms in total. The van der Waals surface area contributed by atoms with Gasteiger partial charge in [0.05, 0.1) is 17.3 Å². The summed E-state index contributed by atoms with van der Waals surface area (Å²) in [5.74, 6) is 0.0463. The smallest absolute Gasteiger partial charge is 0.227 e. The second-order valence-electron chi connectivity index (χ2n) is 4.69. The van der Waals surface area contributed by atoms with Gasteiger partial charge < -0.3 is 10.6 Å². The molecule has 1 amide bonds. The summed E-state index contributed by atoms with van der Waals surface area (Å²) in [6.45, 7) is 4.77. The van der Waals surface area contributed by atoms with Crippen molar-refractivity contribution in [1.82, 2.24) is 4.90 Å². The average molecular weight is 321 g/mol. The first kappa shape index (κ1) is 15.6. The van der Waals surface area contributed by atoms with Crippen LogP contribution in [-0.4, -0.2) is 17.4 Å². The van der Waals surface area contributed by atoms with Crippen LogP contribution in [0.4, 0.5) is 5.69 Å². The van der Waals surface area contributed by atoms with Crippen LogP contribution < -0.4 is 5.73 Å². The first-order chi connectivity index (χ1) is 10.1. The van der Waals surface area contributed by atoms with Gasteiger partial charge in [-0.2, -0.15) is 0 Å². The summed E-state index contributed by atoms with van der Waals surface area (Å²) >= 11 is 7.41. The van der Waals surface area contributed by atoms with Crippen molar-refractivity contribution in [3.05, 3.63) is 63.8 Å². The summed E-state index contributed by atoms with van der Waals surface area (Å²) in [5.41, 5.74) is 7.32. The Kier molecular flexibility index (Phi) is 5.42. The van der Waals surface area contributed by atoms with Crippen molar-refractivity contribution in [3.63, 3.8) is 0 Å². The Labute approximate surface area is 133 Å². The highest BCUT2D eigenvalue weighted by molar-refractivity contribution is 7.16. The van der Waals surface area contributed by atoms with Crippen LogP contribution in [0.5, 0.6) is 0 Å². The topological polar surface area (TPSA) is 46.3 Å². The fraction of sp³-hybridized carbons (Fsp3) is 0.188. The van der Waals surface area contributed by atoms with Crippen molar-refractivity contribution in [2.24, 2.45) is 0 Å². The second kappa shape index (κ2) is 7.29. The molecule has 5 heteroatoms. The monoisotopic (exact) mass is 320 g/mol. The molecule has 0 aliphatic carbocycles. The number of hydrogen-bond donors (Lipinski definition) is 1. The maximum Gasteiger partial charge on any atom is 0.227 e.